The van der Waals surface area contributed by atoms with Crippen LogP contribution in [0.25, 0.3) is 33.1 Å². The zero-order chi connectivity index (χ0) is 19.1. The molecule has 3 heterocycles. The Morgan fingerprint density at radius 1 is 1.04 bits per heavy atom. The standard InChI is InChI=1S/C23H18N4O/c1-27-14-19(23(28)26-18-7-8-20-16(11-18)9-10-24-20)22-21(27)12-17(13-25-22)15-5-3-2-4-6-15/h2-14,24H,1H3,(H,26,28). The highest BCUT2D eigenvalue weighted by Gasteiger charge is 2.16. The number of aromatic amines is 1. The van der Waals surface area contributed by atoms with Gasteiger partial charge in [-0.2, -0.15) is 0 Å². The number of anilines is 1. The van der Waals surface area contributed by atoms with E-state index < -0.39 is 0 Å². The summed E-state index contributed by atoms with van der Waals surface area (Å²) in [5.41, 5.74) is 6.11. The predicted octanol–water partition coefficient (Wildman–Crippen LogP) is 4.97. The fourth-order valence-corrected chi connectivity index (χ4v) is 3.54. The lowest BCUT2D eigenvalue weighted by atomic mass is 10.1. The van der Waals surface area contributed by atoms with Crippen LogP contribution in [-0.4, -0.2) is 20.4 Å². The molecule has 28 heavy (non-hydrogen) atoms. The van der Waals surface area contributed by atoms with E-state index in [9.17, 15) is 4.79 Å². The van der Waals surface area contributed by atoms with Crippen LogP contribution in [-0.2, 0) is 7.05 Å². The minimum absolute atomic E-state index is 0.166. The Hall–Kier alpha value is -3.86. The maximum Gasteiger partial charge on any atom is 0.259 e. The molecule has 0 radical (unpaired) electrons. The van der Waals surface area contributed by atoms with E-state index in [4.69, 9.17) is 0 Å². The molecule has 5 nitrogen and oxygen atoms in total. The minimum atomic E-state index is -0.166. The molecule has 5 aromatic rings. The monoisotopic (exact) mass is 366 g/mol. The van der Waals surface area contributed by atoms with E-state index >= 15 is 0 Å². The van der Waals surface area contributed by atoms with Gasteiger partial charge in [0.15, 0.2) is 0 Å². The van der Waals surface area contributed by atoms with Crippen molar-refractivity contribution in [3.8, 4) is 11.1 Å². The molecular weight excluding hydrogens is 348 g/mol. The van der Waals surface area contributed by atoms with Gasteiger partial charge in [0.25, 0.3) is 5.91 Å². The number of carbonyl (C=O) groups excluding carboxylic acids is 1. The molecule has 0 saturated heterocycles. The second kappa shape index (κ2) is 6.39. The van der Waals surface area contributed by atoms with Crippen LogP contribution in [0.15, 0.2) is 79.3 Å². The fraction of sp³-hybridized carbons (Fsp3) is 0.0435. The first kappa shape index (κ1) is 16.3. The molecular formula is C23H18N4O. The molecule has 0 aliphatic rings. The summed E-state index contributed by atoms with van der Waals surface area (Å²) in [6.07, 6.45) is 5.53. The number of rotatable bonds is 3. The molecule has 2 aromatic carbocycles. The number of nitrogens with zero attached hydrogens (tertiary/aromatic N) is 2. The van der Waals surface area contributed by atoms with Gasteiger partial charge in [0.1, 0.15) is 5.52 Å². The van der Waals surface area contributed by atoms with Gasteiger partial charge in [-0.3, -0.25) is 9.78 Å². The highest BCUT2D eigenvalue weighted by molar-refractivity contribution is 6.12. The van der Waals surface area contributed by atoms with Gasteiger partial charge < -0.3 is 14.9 Å². The van der Waals surface area contributed by atoms with Crippen molar-refractivity contribution >= 4 is 33.5 Å². The van der Waals surface area contributed by atoms with Crippen LogP contribution in [0.1, 0.15) is 10.4 Å². The van der Waals surface area contributed by atoms with Gasteiger partial charge in [-0.25, -0.2) is 0 Å². The van der Waals surface area contributed by atoms with Crippen molar-refractivity contribution in [2.75, 3.05) is 5.32 Å². The SMILES string of the molecule is Cn1cc(C(=O)Nc2ccc3[nH]ccc3c2)c2ncc(-c3ccccc3)cc21. The molecule has 3 aromatic heterocycles. The maximum absolute atomic E-state index is 12.9. The number of aryl methyl sites for hydroxylation is 1. The second-order valence-corrected chi connectivity index (χ2v) is 6.85. The fourth-order valence-electron chi connectivity index (χ4n) is 3.54. The number of nitrogens with one attached hydrogen (secondary N) is 2. The van der Waals surface area contributed by atoms with E-state index in [1.165, 1.54) is 0 Å². The Kier molecular flexibility index (Phi) is 3.72. The molecule has 5 rings (SSSR count). The van der Waals surface area contributed by atoms with E-state index in [-0.39, 0.29) is 5.91 Å². The van der Waals surface area contributed by atoms with Crippen LogP contribution < -0.4 is 5.32 Å². The highest BCUT2D eigenvalue weighted by atomic mass is 16.1. The normalized spacial score (nSPS) is 11.2. The van der Waals surface area contributed by atoms with Crippen molar-refractivity contribution in [1.82, 2.24) is 14.5 Å². The molecule has 0 spiro atoms. The largest absolute Gasteiger partial charge is 0.361 e. The van der Waals surface area contributed by atoms with Crippen LogP contribution in [0.3, 0.4) is 0 Å². The predicted molar refractivity (Wildman–Crippen MR) is 112 cm³/mol. The lowest BCUT2D eigenvalue weighted by Gasteiger charge is -2.05. The van der Waals surface area contributed by atoms with E-state index in [0.717, 1.165) is 33.2 Å². The second-order valence-electron chi connectivity index (χ2n) is 6.85. The first-order valence-electron chi connectivity index (χ1n) is 9.08. The quantitative estimate of drug-likeness (QED) is 0.473. The number of hydrogen-bond donors (Lipinski definition) is 2. The van der Waals surface area contributed by atoms with Gasteiger partial charge in [0.05, 0.1) is 11.1 Å². The molecule has 0 saturated carbocycles. The average molecular weight is 366 g/mol. The summed E-state index contributed by atoms with van der Waals surface area (Å²) in [4.78, 5) is 20.6. The van der Waals surface area contributed by atoms with Crippen molar-refractivity contribution in [3.63, 3.8) is 0 Å². The zero-order valence-electron chi connectivity index (χ0n) is 15.3. The Bertz CT molecular complexity index is 1310. The van der Waals surface area contributed by atoms with Crippen LogP contribution in [0.5, 0.6) is 0 Å². The Morgan fingerprint density at radius 3 is 2.75 bits per heavy atom. The highest BCUT2D eigenvalue weighted by Crippen LogP contribution is 2.26. The summed E-state index contributed by atoms with van der Waals surface area (Å²) >= 11 is 0. The molecule has 1 amide bonds. The van der Waals surface area contributed by atoms with Crippen LogP contribution >= 0.6 is 0 Å². The molecule has 0 bridgehead atoms. The smallest absolute Gasteiger partial charge is 0.259 e. The Morgan fingerprint density at radius 2 is 1.89 bits per heavy atom. The minimum Gasteiger partial charge on any atom is -0.361 e. The molecule has 5 heteroatoms. The molecule has 0 aliphatic carbocycles. The van der Waals surface area contributed by atoms with Gasteiger partial charge >= 0.3 is 0 Å². The summed E-state index contributed by atoms with van der Waals surface area (Å²) in [5.74, 6) is -0.166. The number of hydrogen-bond acceptors (Lipinski definition) is 2. The molecule has 0 aliphatic heterocycles. The molecule has 2 N–H and O–H groups in total. The third-order valence-corrected chi connectivity index (χ3v) is 4.99. The summed E-state index contributed by atoms with van der Waals surface area (Å²) in [7, 11) is 1.93. The van der Waals surface area contributed by atoms with Gasteiger partial charge in [-0.05, 0) is 35.9 Å². The van der Waals surface area contributed by atoms with Crippen LogP contribution in [0.4, 0.5) is 5.69 Å². The molecule has 0 fully saturated rings. The van der Waals surface area contributed by atoms with Crippen molar-refractivity contribution in [1.29, 1.82) is 0 Å². The van der Waals surface area contributed by atoms with Crippen LogP contribution in [0.2, 0.25) is 0 Å². The van der Waals surface area contributed by atoms with Crippen molar-refractivity contribution in [2.45, 2.75) is 0 Å². The first-order valence-corrected chi connectivity index (χ1v) is 9.08. The maximum atomic E-state index is 12.9. The summed E-state index contributed by atoms with van der Waals surface area (Å²) in [5, 5.41) is 4.04. The topological polar surface area (TPSA) is 62.7 Å². The Balaban J connectivity index is 1.50. The van der Waals surface area contributed by atoms with Gasteiger partial charge in [-0.1, -0.05) is 30.3 Å². The zero-order valence-corrected chi connectivity index (χ0v) is 15.3. The average Bonchev–Trinajstić information content (AvgIpc) is 3.32. The molecule has 0 atom stereocenters. The number of fused-ring (bicyclic) bond motifs is 2. The summed E-state index contributed by atoms with van der Waals surface area (Å²) in [6.45, 7) is 0. The van der Waals surface area contributed by atoms with E-state index in [1.54, 1.807) is 0 Å². The van der Waals surface area contributed by atoms with Gasteiger partial charge in [0, 0.05) is 47.8 Å². The molecule has 0 unspecified atom stereocenters. The first-order chi connectivity index (χ1) is 13.7. The summed E-state index contributed by atoms with van der Waals surface area (Å²) in [6, 6.07) is 20.0. The lowest BCUT2D eigenvalue weighted by molar-refractivity contribution is 0.102. The number of pyridine rings is 1. The number of carbonyl (C=O) groups is 1. The third kappa shape index (κ3) is 2.74. The number of benzene rings is 2. The van der Waals surface area contributed by atoms with E-state index in [0.29, 0.717) is 11.1 Å². The van der Waals surface area contributed by atoms with Gasteiger partial charge in [0.2, 0.25) is 0 Å². The van der Waals surface area contributed by atoms with Crippen molar-refractivity contribution < 1.29 is 4.79 Å². The number of H-pyrrole nitrogens is 1. The van der Waals surface area contributed by atoms with E-state index in [1.807, 2.05) is 72.7 Å². The van der Waals surface area contributed by atoms with Crippen molar-refractivity contribution in [3.05, 3.63) is 84.8 Å². The molecule has 136 valence electrons. The third-order valence-electron chi connectivity index (χ3n) is 4.99. The summed E-state index contributed by atoms with van der Waals surface area (Å²) < 4.78 is 1.94. The van der Waals surface area contributed by atoms with E-state index in [2.05, 4.69) is 33.5 Å². The van der Waals surface area contributed by atoms with Crippen molar-refractivity contribution in [2.24, 2.45) is 7.05 Å². The number of amides is 1. The number of aromatic nitrogens is 3. The Labute approximate surface area is 161 Å². The lowest BCUT2D eigenvalue weighted by Crippen LogP contribution is -2.11. The van der Waals surface area contributed by atoms with Gasteiger partial charge in [-0.15, -0.1) is 0 Å². The van der Waals surface area contributed by atoms with Crippen LogP contribution in [0, 0.1) is 0 Å².